The van der Waals surface area contributed by atoms with Crippen LogP contribution in [-0.4, -0.2) is 70.7 Å². The highest BCUT2D eigenvalue weighted by molar-refractivity contribution is 7.08. The number of aryl methyl sites for hydroxylation is 1. The van der Waals surface area contributed by atoms with Gasteiger partial charge in [0.05, 0.1) is 18.9 Å². The van der Waals surface area contributed by atoms with Crippen molar-refractivity contribution in [2.75, 3.05) is 39.4 Å². The van der Waals surface area contributed by atoms with Gasteiger partial charge in [-0.3, -0.25) is 9.69 Å². The van der Waals surface area contributed by atoms with Gasteiger partial charge in [-0.2, -0.15) is 0 Å². The highest BCUT2D eigenvalue weighted by Crippen LogP contribution is 2.28. The monoisotopic (exact) mass is 324 g/mol. The van der Waals surface area contributed by atoms with Gasteiger partial charge in [0.25, 0.3) is 5.91 Å². The molecule has 0 aliphatic carbocycles. The van der Waals surface area contributed by atoms with E-state index in [1.807, 2.05) is 11.8 Å². The first-order valence-electron chi connectivity index (χ1n) is 8.16. The molecule has 2 unspecified atom stereocenters. The molecule has 0 aromatic carbocycles. The summed E-state index contributed by atoms with van der Waals surface area (Å²) in [5, 5.41) is 4.07. The molecule has 0 saturated carbocycles. The molecular weight excluding hydrogens is 300 g/mol. The molecule has 1 aromatic heterocycles. The van der Waals surface area contributed by atoms with Crippen LogP contribution in [-0.2, 0) is 11.2 Å². The number of nitrogens with zero attached hydrogens (tertiary/aromatic N) is 4. The highest BCUT2D eigenvalue weighted by Gasteiger charge is 2.39. The number of hydrogen-bond acceptors (Lipinski definition) is 6. The molecule has 2 fully saturated rings. The molecule has 3 rings (SSSR count). The van der Waals surface area contributed by atoms with E-state index in [0.717, 1.165) is 62.8 Å². The number of hydrogen-bond donors (Lipinski definition) is 0. The molecule has 3 heterocycles. The number of aromatic nitrogens is 2. The SMILES string of the molecule is CCc1nnsc1C(=O)N1CC(CC)C(N2CCOCC2)C1. The Bertz CT molecular complexity index is 515. The van der Waals surface area contributed by atoms with Crippen molar-refractivity contribution in [2.45, 2.75) is 32.7 Å². The second-order valence-corrected chi connectivity index (χ2v) is 6.75. The van der Waals surface area contributed by atoms with Crippen LogP contribution in [0.4, 0.5) is 0 Å². The lowest BCUT2D eigenvalue weighted by Gasteiger charge is -2.34. The van der Waals surface area contributed by atoms with Gasteiger partial charge >= 0.3 is 0 Å². The van der Waals surface area contributed by atoms with E-state index >= 15 is 0 Å². The topological polar surface area (TPSA) is 58.6 Å². The van der Waals surface area contributed by atoms with E-state index in [-0.39, 0.29) is 5.91 Å². The van der Waals surface area contributed by atoms with E-state index in [4.69, 9.17) is 4.74 Å². The number of rotatable bonds is 4. The molecular formula is C15H24N4O2S. The molecule has 0 N–H and O–H groups in total. The Balaban J connectivity index is 1.72. The number of carbonyl (C=O) groups is 1. The minimum Gasteiger partial charge on any atom is -0.379 e. The molecule has 7 heteroatoms. The van der Waals surface area contributed by atoms with Crippen molar-refractivity contribution in [3.63, 3.8) is 0 Å². The predicted octanol–water partition coefficient (Wildman–Crippen LogP) is 1.28. The van der Waals surface area contributed by atoms with Crippen molar-refractivity contribution in [1.29, 1.82) is 0 Å². The summed E-state index contributed by atoms with van der Waals surface area (Å²) < 4.78 is 9.41. The first-order valence-corrected chi connectivity index (χ1v) is 8.94. The van der Waals surface area contributed by atoms with Crippen molar-refractivity contribution in [1.82, 2.24) is 19.4 Å². The maximum Gasteiger partial charge on any atom is 0.267 e. The number of ether oxygens (including phenoxy) is 1. The molecule has 0 spiro atoms. The third kappa shape index (κ3) is 3.02. The van der Waals surface area contributed by atoms with Crippen LogP contribution in [0.5, 0.6) is 0 Å². The van der Waals surface area contributed by atoms with Gasteiger partial charge in [-0.25, -0.2) is 0 Å². The van der Waals surface area contributed by atoms with Crippen LogP contribution in [0.2, 0.25) is 0 Å². The average Bonchev–Trinajstić information content (AvgIpc) is 3.21. The van der Waals surface area contributed by atoms with Crippen molar-refractivity contribution >= 4 is 17.4 Å². The summed E-state index contributed by atoms with van der Waals surface area (Å²) in [4.78, 5) is 18.0. The van der Waals surface area contributed by atoms with Gasteiger partial charge in [-0.05, 0) is 23.9 Å². The lowest BCUT2D eigenvalue weighted by molar-refractivity contribution is 0.0103. The van der Waals surface area contributed by atoms with Crippen molar-refractivity contribution in [3.05, 3.63) is 10.6 Å². The molecule has 2 aliphatic rings. The first kappa shape index (κ1) is 15.8. The Hall–Kier alpha value is -1.05. The zero-order chi connectivity index (χ0) is 15.5. The van der Waals surface area contributed by atoms with E-state index in [2.05, 4.69) is 21.4 Å². The number of carbonyl (C=O) groups excluding carboxylic acids is 1. The van der Waals surface area contributed by atoms with Crippen molar-refractivity contribution in [3.8, 4) is 0 Å². The Labute approximate surface area is 135 Å². The van der Waals surface area contributed by atoms with E-state index in [1.165, 1.54) is 11.5 Å². The quantitative estimate of drug-likeness (QED) is 0.835. The van der Waals surface area contributed by atoms with E-state index in [9.17, 15) is 4.79 Å². The minimum atomic E-state index is 0.112. The fourth-order valence-electron chi connectivity index (χ4n) is 3.49. The zero-order valence-corrected chi connectivity index (χ0v) is 14.1. The Morgan fingerprint density at radius 1 is 1.32 bits per heavy atom. The van der Waals surface area contributed by atoms with Crippen LogP contribution in [0.1, 0.15) is 35.6 Å². The molecule has 1 amide bonds. The Morgan fingerprint density at radius 3 is 2.77 bits per heavy atom. The molecule has 22 heavy (non-hydrogen) atoms. The van der Waals surface area contributed by atoms with E-state index in [0.29, 0.717) is 12.0 Å². The molecule has 122 valence electrons. The maximum absolute atomic E-state index is 12.8. The summed E-state index contributed by atoms with van der Waals surface area (Å²) in [5.41, 5.74) is 0.831. The molecule has 2 saturated heterocycles. The van der Waals surface area contributed by atoms with Crippen LogP contribution >= 0.6 is 11.5 Å². The Morgan fingerprint density at radius 2 is 2.09 bits per heavy atom. The fourth-order valence-corrected chi connectivity index (χ4v) is 4.21. The largest absolute Gasteiger partial charge is 0.379 e. The van der Waals surface area contributed by atoms with Gasteiger partial charge in [0.1, 0.15) is 4.88 Å². The maximum atomic E-state index is 12.8. The van der Waals surface area contributed by atoms with Crippen molar-refractivity contribution in [2.24, 2.45) is 5.92 Å². The van der Waals surface area contributed by atoms with Gasteiger partial charge < -0.3 is 9.64 Å². The van der Waals surface area contributed by atoms with E-state index < -0.39 is 0 Å². The smallest absolute Gasteiger partial charge is 0.267 e. The minimum absolute atomic E-state index is 0.112. The summed E-state index contributed by atoms with van der Waals surface area (Å²) in [6.45, 7) is 9.47. The summed E-state index contributed by atoms with van der Waals surface area (Å²) in [5.74, 6) is 0.661. The molecule has 1 aromatic rings. The highest BCUT2D eigenvalue weighted by atomic mass is 32.1. The molecule has 0 bridgehead atoms. The molecule has 2 aliphatic heterocycles. The lowest BCUT2D eigenvalue weighted by atomic mass is 9.99. The van der Waals surface area contributed by atoms with Crippen LogP contribution in [0, 0.1) is 5.92 Å². The summed E-state index contributed by atoms with van der Waals surface area (Å²) in [7, 11) is 0. The zero-order valence-electron chi connectivity index (χ0n) is 13.3. The molecule has 2 atom stereocenters. The van der Waals surface area contributed by atoms with Crippen LogP contribution in [0.25, 0.3) is 0 Å². The molecule has 6 nitrogen and oxygen atoms in total. The number of likely N-dealkylation sites (tertiary alicyclic amines) is 1. The Kier molecular flexibility index (Phi) is 5.05. The summed E-state index contributed by atoms with van der Waals surface area (Å²) in [6.07, 6.45) is 1.86. The average molecular weight is 324 g/mol. The second kappa shape index (κ2) is 7.02. The predicted molar refractivity (Wildman–Crippen MR) is 85.2 cm³/mol. The number of morpholine rings is 1. The van der Waals surface area contributed by atoms with Gasteiger partial charge in [0.2, 0.25) is 0 Å². The molecule has 0 radical (unpaired) electrons. The van der Waals surface area contributed by atoms with Crippen molar-refractivity contribution < 1.29 is 9.53 Å². The standard InChI is InChI=1S/C15H24N4O2S/c1-3-11-9-19(10-13(11)18-5-7-21-8-6-18)15(20)14-12(4-2)16-17-22-14/h11,13H,3-10H2,1-2H3. The number of amides is 1. The van der Waals surface area contributed by atoms with Gasteiger partial charge in [-0.15, -0.1) is 5.10 Å². The van der Waals surface area contributed by atoms with Gasteiger partial charge in [0.15, 0.2) is 0 Å². The summed E-state index contributed by atoms with van der Waals surface area (Å²) >= 11 is 1.23. The van der Waals surface area contributed by atoms with Crippen LogP contribution in [0.3, 0.4) is 0 Å². The van der Waals surface area contributed by atoms with Crippen LogP contribution < -0.4 is 0 Å². The third-order valence-electron chi connectivity index (χ3n) is 4.82. The van der Waals surface area contributed by atoms with E-state index in [1.54, 1.807) is 0 Å². The normalized spacial score (nSPS) is 26.5. The fraction of sp³-hybridized carbons (Fsp3) is 0.800. The van der Waals surface area contributed by atoms with Gasteiger partial charge in [-0.1, -0.05) is 24.8 Å². The summed E-state index contributed by atoms with van der Waals surface area (Å²) in [6, 6.07) is 0.462. The third-order valence-corrected chi connectivity index (χ3v) is 5.57. The first-order chi connectivity index (χ1) is 10.7. The van der Waals surface area contributed by atoms with Crippen LogP contribution in [0.15, 0.2) is 0 Å². The van der Waals surface area contributed by atoms with Gasteiger partial charge in [0, 0.05) is 32.2 Å². The second-order valence-electron chi connectivity index (χ2n) is 6.00. The lowest BCUT2D eigenvalue weighted by Crippen LogP contribution is -2.47.